The zero-order valence-corrected chi connectivity index (χ0v) is 38.3. The normalized spacial score (nSPS) is 10.6. The topological polar surface area (TPSA) is 63.2 Å². The van der Waals surface area contributed by atoms with Gasteiger partial charge in [0.25, 0.3) is 0 Å². The second kappa shape index (κ2) is 54.7. The molecule has 0 aliphatic carbocycles. The van der Waals surface area contributed by atoms with Crippen molar-refractivity contribution in [3.63, 3.8) is 0 Å². The SMILES string of the molecule is C=C/C=C/CCCCCCCCCC(OCC)OCC.C=CC(C=C)OC(=O)C(C)C.CCCCCCCCCC(OCC)OCC.[Br][Cu][Br].[Li]. The van der Waals surface area contributed by atoms with Crippen LogP contribution in [0.3, 0.4) is 0 Å². The summed E-state index contributed by atoms with van der Waals surface area (Å²) >= 11 is 7.38. The summed E-state index contributed by atoms with van der Waals surface area (Å²) in [4.78, 5) is 11.0. The van der Waals surface area contributed by atoms with Gasteiger partial charge in [0.1, 0.15) is 6.10 Å². The van der Waals surface area contributed by atoms with E-state index in [0.717, 1.165) is 39.3 Å². The Labute approximate surface area is 349 Å². The smallest absolute Gasteiger partial charge is 0 e. The number of esters is 1. The molecule has 0 aromatic heterocycles. The van der Waals surface area contributed by atoms with E-state index in [9.17, 15) is 4.79 Å². The van der Waals surface area contributed by atoms with Gasteiger partial charge in [-0.1, -0.05) is 129 Å². The number of unbranched alkanes of at least 4 members (excludes halogenated alkanes) is 13. The summed E-state index contributed by atoms with van der Waals surface area (Å²) in [5.74, 6) is -0.327. The molecular formula is C41H78Br2CuLiO6. The van der Waals surface area contributed by atoms with Gasteiger partial charge < -0.3 is 23.7 Å². The molecule has 0 saturated heterocycles. The van der Waals surface area contributed by atoms with Gasteiger partial charge >= 0.3 is 45.5 Å². The third-order valence-corrected chi connectivity index (χ3v) is 7.22. The van der Waals surface area contributed by atoms with Crippen LogP contribution in [-0.4, -0.2) is 69.9 Å². The fourth-order valence-electron chi connectivity index (χ4n) is 4.55. The number of ether oxygens (including phenoxy) is 5. The largest absolute Gasteiger partial charge is 0 e. The third-order valence-electron chi connectivity index (χ3n) is 7.22. The molecule has 0 unspecified atom stereocenters. The van der Waals surface area contributed by atoms with Gasteiger partial charge in [0.05, 0.1) is 5.92 Å². The van der Waals surface area contributed by atoms with Crippen LogP contribution in [0.2, 0.25) is 0 Å². The number of rotatable bonds is 31. The van der Waals surface area contributed by atoms with Crippen molar-refractivity contribution in [1.29, 1.82) is 0 Å². The zero-order valence-electron chi connectivity index (χ0n) is 34.2. The number of carbonyl (C=O) groups is 1. The summed E-state index contributed by atoms with van der Waals surface area (Å²) in [5.41, 5.74) is 0. The minimum Gasteiger partial charge on any atom is 0 e. The molecule has 0 rings (SSSR count). The molecule has 0 aliphatic heterocycles. The van der Waals surface area contributed by atoms with Crippen molar-refractivity contribution in [1.82, 2.24) is 0 Å². The predicted molar refractivity (Wildman–Crippen MR) is 226 cm³/mol. The maximum absolute atomic E-state index is 11.0. The summed E-state index contributed by atoms with van der Waals surface area (Å²) in [6.45, 7) is 27.6. The Bertz CT molecular complexity index is 710. The van der Waals surface area contributed by atoms with Gasteiger partial charge in [-0.25, -0.2) is 0 Å². The van der Waals surface area contributed by atoms with Crippen LogP contribution in [0.25, 0.3) is 0 Å². The fourth-order valence-corrected chi connectivity index (χ4v) is 4.55. The minimum atomic E-state index is -0.357. The van der Waals surface area contributed by atoms with Gasteiger partial charge in [-0.15, -0.1) is 0 Å². The number of hydrogen-bond acceptors (Lipinski definition) is 6. The monoisotopic (exact) mass is 894 g/mol. The fraction of sp³-hybridized carbons (Fsp3) is 0.780. The van der Waals surface area contributed by atoms with Crippen LogP contribution in [0, 0.1) is 5.92 Å². The van der Waals surface area contributed by atoms with Crippen LogP contribution in [0.5, 0.6) is 0 Å². The van der Waals surface area contributed by atoms with E-state index < -0.39 is 0 Å². The summed E-state index contributed by atoms with van der Waals surface area (Å²) in [6, 6.07) is 0. The molecule has 6 nitrogen and oxygen atoms in total. The molecule has 0 bridgehead atoms. The number of carbonyl (C=O) groups excluding carboxylic acids is 1. The van der Waals surface area contributed by atoms with E-state index in [1.54, 1.807) is 13.8 Å². The van der Waals surface area contributed by atoms with Crippen LogP contribution >= 0.6 is 28.2 Å². The Kier molecular flexibility index (Phi) is 65.0. The Morgan fingerprint density at radius 2 is 0.980 bits per heavy atom. The third kappa shape index (κ3) is 54.8. The number of allylic oxidation sites excluding steroid dienone is 3. The van der Waals surface area contributed by atoms with Crippen LogP contribution in [0.15, 0.2) is 50.1 Å². The van der Waals surface area contributed by atoms with Gasteiger partial charge in [0.2, 0.25) is 0 Å². The van der Waals surface area contributed by atoms with Crippen molar-refractivity contribution in [2.75, 3.05) is 26.4 Å². The van der Waals surface area contributed by atoms with Gasteiger partial charge in [0, 0.05) is 45.3 Å². The Morgan fingerprint density at radius 1 is 0.627 bits per heavy atom. The maximum Gasteiger partial charge on any atom is 0 e. The second-order valence-corrected chi connectivity index (χ2v) is 16.6. The molecule has 0 N–H and O–H groups in total. The van der Waals surface area contributed by atoms with Crippen LogP contribution in [0.1, 0.15) is 158 Å². The molecule has 304 valence electrons. The first-order valence-electron chi connectivity index (χ1n) is 19.2. The molecule has 1 radical (unpaired) electrons. The Hall–Kier alpha value is 0.347. The molecule has 0 aromatic rings. The Balaban J connectivity index is -0.000000204. The van der Waals surface area contributed by atoms with E-state index in [1.165, 1.54) is 120 Å². The van der Waals surface area contributed by atoms with E-state index in [2.05, 4.69) is 61.0 Å². The summed E-state index contributed by atoms with van der Waals surface area (Å²) in [7, 11) is 0. The molecular weight excluding hydrogens is 819 g/mol. The molecule has 0 amide bonds. The van der Waals surface area contributed by atoms with Crippen molar-refractivity contribution in [3.8, 4) is 0 Å². The molecule has 51 heavy (non-hydrogen) atoms. The van der Waals surface area contributed by atoms with Crippen molar-refractivity contribution in [2.24, 2.45) is 5.92 Å². The average Bonchev–Trinajstić information content (AvgIpc) is 3.10. The van der Waals surface area contributed by atoms with Gasteiger partial charge in [0.15, 0.2) is 12.6 Å². The number of hydrogen-bond donors (Lipinski definition) is 0. The number of halogens is 2. The van der Waals surface area contributed by atoms with E-state index in [0.29, 0.717) is 0 Å². The van der Waals surface area contributed by atoms with Gasteiger partial charge in [-0.3, -0.25) is 4.79 Å². The van der Waals surface area contributed by atoms with Crippen LogP contribution in [0.4, 0.5) is 0 Å². The van der Waals surface area contributed by atoms with Crippen molar-refractivity contribution in [3.05, 3.63) is 50.1 Å². The standard InChI is InChI=1S/C18H34O2.C14H30O2.C9H14O2.2BrH.Cu.Li/c1-4-7-8-9-10-11-12-13-14-15-16-17-18(19-5-2)20-6-3;1-4-7-8-9-10-11-12-13-14(15-5-2)16-6-3;1-5-8(6-2)11-9(10)7(3)4;;;;/h4,7-8,18H,1,5-6,9-17H2,2-3H3;14H,4-13H2,1-3H3;5-8H,1-2H2,3-4H3;2*1H;;/q;;;;;+2;/p-2/b8-7+;;;;;;. The van der Waals surface area contributed by atoms with Gasteiger partial charge in [-0.05, 0) is 78.4 Å². The van der Waals surface area contributed by atoms with Crippen LogP contribution in [-0.2, 0) is 39.8 Å². The summed E-state index contributed by atoms with van der Waals surface area (Å²) in [6.07, 6.45) is 30.8. The molecule has 0 heterocycles. The van der Waals surface area contributed by atoms with E-state index in [4.69, 9.17) is 23.7 Å². The van der Waals surface area contributed by atoms with Crippen LogP contribution < -0.4 is 0 Å². The van der Waals surface area contributed by atoms with Crippen molar-refractivity contribution in [2.45, 2.75) is 176 Å². The molecule has 0 aromatic carbocycles. The maximum atomic E-state index is 11.0. The Morgan fingerprint density at radius 3 is 1.29 bits per heavy atom. The van der Waals surface area contributed by atoms with Crippen molar-refractivity contribution >= 4 is 53.1 Å². The summed E-state index contributed by atoms with van der Waals surface area (Å²) in [5, 5.41) is 0. The first kappa shape index (κ1) is 60.6. The molecule has 0 spiro atoms. The molecule has 0 aliphatic rings. The van der Waals surface area contributed by atoms with E-state index >= 15 is 0 Å². The first-order chi connectivity index (χ1) is 24.2. The molecule has 10 heteroatoms. The summed E-state index contributed by atoms with van der Waals surface area (Å²) < 4.78 is 27.0. The second-order valence-electron chi connectivity index (χ2n) is 11.9. The van der Waals surface area contributed by atoms with Gasteiger partial charge in [-0.2, -0.15) is 0 Å². The van der Waals surface area contributed by atoms with E-state index in [1.807, 2.05) is 39.8 Å². The molecule has 0 fully saturated rings. The molecule has 0 saturated carbocycles. The van der Waals surface area contributed by atoms with E-state index in [-0.39, 0.29) is 49.4 Å². The minimum absolute atomic E-state index is 0. The van der Waals surface area contributed by atoms with Crippen molar-refractivity contribution < 1.29 is 39.8 Å². The zero-order chi connectivity index (χ0) is 38.5. The predicted octanol–water partition coefficient (Wildman–Crippen LogP) is 13.4. The molecule has 0 atom stereocenters. The quantitative estimate of drug-likeness (QED) is 0.0173. The first-order valence-corrected chi connectivity index (χ1v) is 23.9. The average molecular weight is 897 g/mol.